The molecule has 0 aromatic heterocycles. The van der Waals surface area contributed by atoms with Crippen LogP contribution < -0.4 is 0 Å². The van der Waals surface area contributed by atoms with Gasteiger partial charge in [0.25, 0.3) is 0 Å². The van der Waals surface area contributed by atoms with Crippen LogP contribution in [0.2, 0.25) is 0 Å². The van der Waals surface area contributed by atoms with Gasteiger partial charge in [0.1, 0.15) is 0 Å². The summed E-state index contributed by atoms with van der Waals surface area (Å²) in [6.07, 6.45) is 3.38. The van der Waals surface area contributed by atoms with Gasteiger partial charge in [-0.2, -0.15) is 0 Å². The van der Waals surface area contributed by atoms with E-state index in [1.54, 1.807) is 0 Å². The predicted molar refractivity (Wildman–Crippen MR) is 75.9 cm³/mol. The molecule has 0 aliphatic carbocycles. The molecule has 1 fully saturated rings. The highest BCUT2D eigenvalue weighted by Gasteiger charge is 2.36. The van der Waals surface area contributed by atoms with Gasteiger partial charge in [0.05, 0.1) is 12.6 Å². The maximum absolute atomic E-state index is 12.3. The quantitative estimate of drug-likeness (QED) is 0.830. The molecule has 1 amide bonds. The van der Waals surface area contributed by atoms with Crippen LogP contribution in [-0.4, -0.2) is 41.9 Å². The van der Waals surface area contributed by atoms with Gasteiger partial charge in [-0.15, -0.1) is 0 Å². The number of hydrogen-bond donors (Lipinski definition) is 0. The number of fused-ring (bicyclic) bond motifs is 3. The monoisotopic (exact) mass is 258 g/mol. The van der Waals surface area contributed by atoms with E-state index in [0.717, 1.165) is 26.1 Å². The van der Waals surface area contributed by atoms with Gasteiger partial charge in [-0.3, -0.25) is 9.69 Å². The summed E-state index contributed by atoms with van der Waals surface area (Å²) in [5.41, 5.74) is 2.79. The maximum Gasteiger partial charge on any atom is 0.237 e. The number of piperazine rings is 1. The first-order valence-corrected chi connectivity index (χ1v) is 7.39. The van der Waals surface area contributed by atoms with Gasteiger partial charge in [0.15, 0.2) is 0 Å². The summed E-state index contributed by atoms with van der Waals surface area (Å²) in [4.78, 5) is 16.7. The van der Waals surface area contributed by atoms with Crippen LogP contribution >= 0.6 is 0 Å². The van der Waals surface area contributed by atoms with Crippen molar-refractivity contribution in [2.24, 2.45) is 0 Å². The van der Waals surface area contributed by atoms with Crippen LogP contribution in [0.5, 0.6) is 0 Å². The van der Waals surface area contributed by atoms with Crippen molar-refractivity contribution in [2.45, 2.75) is 32.2 Å². The molecule has 1 atom stereocenters. The number of unbranched alkanes of at least 4 members (excludes halogenated alkanes) is 1. The first kappa shape index (κ1) is 12.7. The van der Waals surface area contributed by atoms with E-state index in [2.05, 4.69) is 41.0 Å². The Bertz CT molecular complexity index is 472. The van der Waals surface area contributed by atoms with Crippen molar-refractivity contribution in [1.29, 1.82) is 0 Å². The largest absolute Gasteiger partial charge is 0.333 e. The number of carbonyl (C=O) groups excluding carboxylic acids is 1. The Hall–Kier alpha value is -1.35. The Balaban J connectivity index is 1.83. The van der Waals surface area contributed by atoms with Crippen LogP contribution in [0.3, 0.4) is 0 Å². The summed E-state index contributed by atoms with van der Waals surface area (Å²) in [5, 5.41) is 0. The Kier molecular flexibility index (Phi) is 3.56. The molecule has 3 nitrogen and oxygen atoms in total. The van der Waals surface area contributed by atoms with Gasteiger partial charge in [-0.1, -0.05) is 37.6 Å². The molecule has 0 saturated carbocycles. The molecule has 2 aliphatic rings. The molecule has 0 bridgehead atoms. The second kappa shape index (κ2) is 5.33. The van der Waals surface area contributed by atoms with Gasteiger partial charge < -0.3 is 4.90 Å². The molecule has 3 heteroatoms. The SMILES string of the molecule is CCCCN1CC(=O)N2CCc3ccccc3C2C1. The van der Waals surface area contributed by atoms with Crippen LogP contribution in [0.1, 0.15) is 36.9 Å². The second-order valence-corrected chi connectivity index (χ2v) is 5.64. The number of rotatable bonds is 3. The van der Waals surface area contributed by atoms with Crippen LogP contribution in [0.25, 0.3) is 0 Å². The molecule has 0 N–H and O–H groups in total. The van der Waals surface area contributed by atoms with Crippen molar-refractivity contribution >= 4 is 5.91 Å². The molecule has 0 spiro atoms. The van der Waals surface area contributed by atoms with Crippen LogP contribution in [-0.2, 0) is 11.2 Å². The van der Waals surface area contributed by atoms with Gasteiger partial charge >= 0.3 is 0 Å². The third-order valence-corrected chi connectivity index (χ3v) is 4.35. The molecular formula is C16H22N2O. The molecule has 2 heterocycles. The minimum atomic E-state index is 0.281. The third kappa shape index (κ3) is 2.39. The zero-order valence-corrected chi connectivity index (χ0v) is 11.6. The summed E-state index contributed by atoms with van der Waals surface area (Å²) < 4.78 is 0. The van der Waals surface area contributed by atoms with Crippen molar-refractivity contribution in [1.82, 2.24) is 9.80 Å². The first-order chi connectivity index (χ1) is 9.29. The van der Waals surface area contributed by atoms with Crippen molar-refractivity contribution in [3.63, 3.8) is 0 Å². The molecule has 3 rings (SSSR count). The lowest BCUT2D eigenvalue weighted by Gasteiger charge is -2.44. The van der Waals surface area contributed by atoms with Gasteiger partial charge in [-0.25, -0.2) is 0 Å². The molecule has 1 aromatic rings. The van der Waals surface area contributed by atoms with Gasteiger partial charge in [0, 0.05) is 13.1 Å². The number of amides is 1. The van der Waals surface area contributed by atoms with Crippen molar-refractivity contribution in [3.05, 3.63) is 35.4 Å². The van der Waals surface area contributed by atoms with E-state index in [0.29, 0.717) is 12.5 Å². The number of hydrogen-bond acceptors (Lipinski definition) is 2. The molecule has 0 radical (unpaired) electrons. The zero-order chi connectivity index (χ0) is 13.2. The zero-order valence-electron chi connectivity index (χ0n) is 11.6. The van der Waals surface area contributed by atoms with E-state index in [1.807, 2.05) is 0 Å². The summed E-state index contributed by atoms with van der Waals surface area (Å²) in [5.74, 6) is 0.307. The minimum Gasteiger partial charge on any atom is -0.333 e. The highest BCUT2D eigenvalue weighted by Crippen LogP contribution is 2.32. The molecule has 1 aromatic carbocycles. The Labute approximate surface area is 115 Å². The Morgan fingerprint density at radius 2 is 2.16 bits per heavy atom. The number of benzene rings is 1. The van der Waals surface area contributed by atoms with Crippen LogP contribution in [0.15, 0.2) is 24.3 Å². The van der Waals surface area contributed by atoms with E-state index in [4.69, 9.17) is 0 Å². The Morgan fingerprint density at radius 3 is 3.00 bits per heavy atom. The summed E-state index contributed by atoms with van der Waals surface area (Å²) >= 11 is 0. The number of carbonyl (C=O) groups is 1. The van der Waals surface area contributed by atoms with E-state index in [9.17, 15) is 4.79 Å². The average molecular weight is 258 g/mol. The predicted octanol–water partition coefficient (Wildman–Crippen LogP) is 2.23. The summed E-state index contributed by atoms with van der Waals surface area (Å²) in [6.45, 7) is 5.76. The van der Waals surface area contributed by atoms with E-state index in [1.165, 1.54) is 24.0 Å². The first-order valence-electron chi connectivity index (χ1n) is 7.39. The van der Waals surface area contributed by atoms with Crippen LogP contribution in [0, 0.1) is 0 Å². The van der Waals surface area contributed by atoms with Crippen molar-refractivity contribution in [2.75, 3.05) is 26.2 Å². The molecule has 1 unspecified atom stereocenters. The molecule has 19 heavy (non-hydrogen) atoms. The normalized spacial score (nSPS) is 23.1. The molecule has 2 aliphatic heterocycles. The lowest BCUT2D eigenvalue weighted by atomic mass is 9.90. The molecule has 1 saturated heterocycles. The number of nitrogens with zero attached hydrogens (tertiary/aromatic N) is 2. The summed E-state index contributed by atoms with van der Waals surface area (Å²) in [6, 6.07) is 8.89. The van der Waals surface area contributed by atoms with E-state index in [-0.39, 0.29) is 6.04 Å². The highest BCUT2D eigenvalue weighted by molar-refractivity contribution is 5.80. The average Bonchev–Trinajstić information content (AvgIpc) is 2.45. The second-order valence-electron chi connectivity index (χ2n) is 5.64. The highest BCUT2D eigenvalue weighted by atomic mass is 16.2. The van der Waals surface area contributed by atoms with E-state index < -0.39 is 0 Å². The fraction of sp³-hybridized carbons (Fsp3) is 0.562. The smallest absolute Gasteiger partial charge is 0.237 e. The van der Waals surface area contributed by atoms with Crippen molar-refractivity contribution in [3.8, 4) is 0 Å². The van der Waals surface area contributed by atoms with Gasteiger partial charge in [0.2, 0.25) is 5.91 Å². The molecule has 102 valence electrons. The van der Waals surface area contributed by atoms with Crippen molar-refractivity contribution < 1.29 is 4.79 Å². The summed E-state index contributed by atoms with van der Waals surface area (Å²) in [7, 11) is 0. The lowest BCUT2D eigenvalue weighted by Crippen LogP contribution is -2.54. The minimum absolute atomic E-state index is 0.281. The lowest BCUT2D eigenvalue weighted by molar-refractivity contribution is -0.140. The maximum atomic E-state index is 12.3. The van der Waals surface area contributed by atoms with E-state index >= 15 is 0 Å². The van der Waals surface area contributed by atoms with Gasteiger partial charge in [-0.05, 0) is 30.5 Å². The third-order valence-electron chi connectivity index (χ3n) is 4.35. The Morgan fingerprint density at radius 1 is 1.32 bits per heavy atom. The van der Waals surface area contributed by atoms with Crippen LogP contribution in [0.4, 0.5) is 0 Å². The topological polar surface area (TPSA) is 23.6 Å². The standard InChI is InChI=1S/C16H22N2O/c1-2-3-9-17-11-15-14-7-5-4-6-13(14)8-10-18(15)16(19)12-17/h4-7,15H,2-3,8-12H2,1H3. The fourth-order valence-corrected chi connectivity index (χ4v) is 3.29. The molecular weight excluding hydrogens is 236 g/mol. The fourth-order valence-electron chi connectivity index (χ4n) is 3.29.